The average molecular weight is 403 g/mol. The highest BCUT2D eigenvalue weighted by molar-refractivity contribution is 5.82. The van der Waals surface area contributed by atoms with Gasteiger partial charge in [0.15, 0.2) is 5.58 Å². The zero-order valence-corrected chi connectivity index (χ0v) is 16.4. The molecular formula is C23H21N3O4. The van der Waals surface area contributed by atoms with Crippen molar-refractivity contribution in [3.63, 3.8) is 0 Å². The first-order valence-corrected chi connectivity index (χ1v) is 9.64. The minimum Gasteiger partial charge on any atom is -0.408 e. The molecule has 2 aromatic heterocycles. The molecule has 7 heteroatoms. The maximum Gasteiger partial charge on any atom is 0.420 e. The Labute approximate surface area is 172 Å². The van der Waals surface area contributed by atoms with E-state index in [1.54, 1.807) is 48.0 Å². The predicted molar refractivity (Wildman–Crippen MR) is 113 cm³/mol. The summed E-state index contributed by atoms with van der Waals surface area (Å²) in [6.07, 6.45) is 1.75. The van der Waals surface area contributed by atoms with Crippen molar-refractivity contribution in [3.8, 4) is 0 Å². The van der Waals surface area contributed by atoms with Gasteiger partial charge in [-0.25, -0.2) is 4.79 Å². The first-order chi connectivity index (χ1) is 14.5. The maximum absolute atomic E-state index is 12.6. The molecule has 1 unspecified atom stereocenters. The number of hydrogen-bond donors (Lipinski definition) is 1. The van der Waals surface area contributed by atoms with Gasteiger partial charge in [0, 0.05) is 18.8 Å². The molecule has 0 saturated carbocycles. The van der Waals surface area contributed by atoms with Crippen LogP contribution in [-0.4, -0.2) is 15.0 Å². The molecular weight excluding hydrogens is 382 g/mol. The van der Waals surface area contributed by atoms with E-state index in [1.807, 2.05) is 30.3 Å². The lowest BCUT2D eigenvalue weighted by Crippen LogP contribution is -2.34. The largest absolute Gasteiger partial charge is 0.420 e. The van der Waals surface area contributed by atoms with Gasteiger partial charge in [0.25, 0.3) is 5.56 Å². The minimum atomic E-state index is -0.703. The van der Waals surface area contributed by atoms with Crippen LogP contribution in [0.2, 0.25) is 0 Å². The van der Waals surface area contributed by atoms with Gasteiger partial charge in [-0.05, 0) is 36.2 Å². The summed E-state index contributed by atoms with van der Waals surface area (Å²) in [6.45, 7) is 2.48. The molecule has 152 valence electrons. The number of oxazole rings is 1. The van der Waals surface area contributed by atoms with E-state index in [9.17, 15) is 14.4 Å². The van der Waals surface area contributed by atoms with Crippen molar-refractivity contribution in [3.05, 3.63) is 105 Å². The highest BCUT2D eigenvalue weighted by Crippen LogP contribution is 2.16. The molecule has 1 amide bonds. The third-order valence-corrected chi connectivity index (χ3v) is 5.03. The number of para-hydroxylation sites is 2. The van der Waals surface area contributed by atoms with Gasteiger partial charge in [-0.3, -0.25) is 14.2 Å². The molecule has 0 radical (unpaired) electrons. The van der Waals surface area contributed by atoms with E-state index < -0.39 is 11.8 Å². The summed E-state index contributed by atoms with van der Waals surface area (Å²) >= 11 is 0. The van der Waals surface area contributed by atoms with Crippen molar-refractivity contribution in [2.24, 2.45) is 0 Å². The van der Waals surface area contributed by atoms with E-state index in [0.717, 1.165) is 11.1 Å². The highest BCUT2D eigenvalue weighted by atomic mass is 16.4. The Morgan fingerprint density at radius 3 is 2.43 bits per heavy atom. The van der Waals surface area contributed by atoms with E-state index in [2.05, 4.69) is 5.32 Å². The van der Waals surface area contributed by atoms with Crippen LogP contribution >= 0.6 is 0 Å². The van der Waals surface area contributed by atoms with Crippen LogP contribution in [0.1, 0.15) is 24.1 Å². The van der Waals surface area contributed by atoms with Gasteiger partial charge in [0.2, 0.25) is 5.91 Å². The van der Waals surface area contributed by atoms with Crippen molar-refractivity contribution in [1.29, 1.82) is 0 Å². The number of fused-ring (bicyclic) bond motifs is 1. The molecule has 1 atom stereocenters. The Hall–Kier alpha value is -3.87. The minimum absolute atomic E-state index is 0.0511. The van der Waals surface area contributed by atoms with E-state index >= 15 is 0 Å². The fourth-order valence-electron chi connectivity index (χ4n) is 3.36. The van der Waals surface area contributed by atoms with Crippen LogP contribution in [-0.2, 0) is 17.9 Å². The molecule has 0 aliphatic carbocycles. The zero-order chi connectivity index (χ0) is 21.1. The first-order valence-electron chi connectivity index (χ1n) is 9.64. The number of nitrogens with zero attached hydrogens (tertiary/aromatic N) is 2. The van der Waals surface area contributed by atoms with Crippen molar-refractivity contribution in [1.82, 2.24) is 14.5 Å². The van der Waals surface area contributed by atoms with Crippen LogP contribution in [0.25, 0.3) is 11.1 Å². The predicted octanol–water partition coefficient (Wildman–Crippen LogP) is 2.68. The van der Waals surface area contributed by atoms with Crippen LogP contribution in [0.15, 0.2) is 86.9 Å². The summed E-state index contributed by atoms with van der Waals surface area (Å²) in [5.74, 6) is -0.831. The standard InChI is InChI=1S/C23H21N3O4/c1-16(26-19-6-2-3-7-20(19)30-23(26)29)22(28)24-14-17-9-11-18(12-10-17)15-25-13-5-4-8-21(25)27/h2-13,16H,14-15H2,1H3,(H,24,28). The van der Waals surface area contributed by atoms with Crippen molar-refractivity contribution in [2.75, 3.05) is 0 Å². The van der Waals surface area contributed by atoms with Crippen molar-refractivity contribution in [2.45, 2.75) is 26.1 Å². The molecule has 7 nitrogen and oxygen atoms in total. The topological polar surface area (TPSA) is 86.2 Å². The summed E-state index contributed by atoms with van der Waals surface area (Å²) in [6, 6.07) is 19.1. The molecule has 0 spiro atoms. The quantitative estimate of drug-likeness (QED) is 0.536. The van der Waals surface area contributed by atoms with Gasteiger partial charge >= 0.3 is 5.76 Å². The summed E-state index contributed by atoms with van der Waals surface area (Å²) in [7, 11) is 0. The number of carbonyl (C=O) groups excluding carboxylic acids is 1. The van der Waals surface area contributed by atoms with Crippen molar-refractivity contribution < 1.29 is 9.21 Å². The molecule has 0 aliphatic rings. The molecule has 0 bridgehead atoms. The van der Waals surface area contributed by atoms with Crippen LogP contribution in [0.5, 0.6) is 0 Å². The lowest BCUT2D eigenvalue weighted by atomic mass is 10.1. The lowest BCUT2D eigenvalue weighted by Gasteiger charge is -2.13. The molecule has 30 heavy (non-hydrogen) atoms. The molecule has 4 aromatic rings. The maximum atomic E-state index is 12.6. The fraction of sp³-hybridized carbons (Fsp3) is 0.174. The van der Waals surface area contributed by atoms with E-state index in [4.69, 9.17) is 4.42 Å². The average Bonchev–Trinajstić information content (AvgIpc) is 3.09. The van der Waals surface area contributed by atoms with Gasteiger partial charge in [-0.15, -0.1) is 0 Å². The number of hydrogen-bond acceptors (Lipinski definition) is 4. The van der Waals surface area contributed by atoms with Crippen LogP contribution < -0.4 is 16.6 Å². The molecule has 0 saturated heterocycles. The third-order valence-electron chi connectivity index (χ3n) is 5.03. The number of rotatable bonds is 6. The fourth-order valence-corrected chi connectivity index (χ4v) is 3.36. The molecule has 4 rings (SSSR count). The van der Waals surface area contributed by atoms with Gasteiger partial charge in [0.1, 0.15) is 6.04 Å². The number of nitrogens with one attached hydrogen (secondary N) is 1. The van der Waals surface area contributed by atoms with Gasteiger partial charge in [0.05, 0.1) is 12.1 Å². The number of pyridine rings is 1. The molecule has 2 heterocycles. The summed E-state index contributed by atoms with van der Waals surface area (Å²) in [4.78, 5) is 36.6. The second kappa shape index (κ2) is 8.24. The van der Waals surface area contributed by atoms with Gasteiger partial charge < -0.3 is 14.3 Å². The van der Waals surface area contributed by atoms with Crippen LogP contribution in [0.4, 0.5) is 0 Å². The Morgan fingerprint density at radius 2 is 1.67 bits per heavy atom. The summed E-state index contributed by atoms with van der Waals surface area (Å²) in [5, 5.41) is 2.86. The Kier molecular flexibility index (Phi) is 5.34. The molecule has 1 N–H and O–H groups in total. The Morgan fingerprint density at radius 1 is 0.967 bits per heavy atom. The van der Waals surface area contributed by atoms with E-state index in [1.165, 1.54) is 10.6 Å². The molecule has 0 aliphatic heterocycles. The third kappa shape index (κ3) is 3.96. The van der Waals surface area contributed by atoms with Crippen LogP contribution in [0.3, 0.4) is 0 Å². The molecule has 2 aromatic carbocycles. The Balaban J connectivity index is 1.41. The lowest BCUT2D eigenvalue weighted by molar-refractivity contribution is -0.124. The zero-order valence-electron chi connectivity index (χ0n) is 16.4. The van der Waals surface area contributed by atoms with Gasteiger partial charge in [-0.2, -0.15) is 0 Å². The summed E-state index contributed by atoms with van der Waals surface area (Å²) < 4.78 is 8.19. The normalized spacial score (nSPS) is 12.0. The number of amides is 1. The second-order valence-corrected chi connectivity index (χ2v) is 7.08. The number of aromatic nitrogens is 2. The SMILES string of the molecule is CC(C(=O)NCc1ccc(Cn2ccccc2=O)cc1)n1c(=O)oc2ccccc21. The number of carbonyl (C=O) groups is 1. The highest BCUT2D eigenvalue weighted by Gasteiger charge is 2.20. The van der Waals surface area contributed by atoms with E-state index in [-0.39, 0.29) is 11.5 Å². The van der Waals surface area contributed by atoms with E-state index in [0.29, 0.717) is 24.2 Å². The monoisotopic (exact) mass is 403 g/mol. The summed E-state index contributed by atoms with van der Waals surface area (Å²) in [5.41, 5.74) is 2.90. The van der Waals surface area contributed by atoms with Crippen molar-refractivity contribution >= 4 is 17.0 Å². The smallest absolute Gasteiger partial charge is 0.408 e. The second-order valence-electron chi connectivity index (χ2n) is 7.08. The first kappa shape index (κ1) is 19.4. The Bertz CT molecular complexity index is 1300. The van der Waals surface area contributed by atoms with Crippen LogP contribution in [0, 0.1) is 0 Å². The number of benzene rings is 2. The molecule has 0 fully saturated rings. The van der Waals surface area contributed by atoms with Gasteiger partial charge in [-0.1, -0.05) is 42.5 Å².